The maximum absolute atomic E-state index is 14.6. The summed E-state index contributed by atoms with van der Waals surface area (Å²) in [5, 5.41) is 13.5. The minimum Gasteiger partial charge on any atom is -0.439 e. The first-order valence-electron chi connectivity index (χ1n) is 9.97. The van der Waals surface area contributed by atoms with Gasteiger partial charge >= 0.3 is 6.03 Å². The van der Waals surface area contributed by atoms with Gasteiger partial charge in [0.25, 0.3) is 5.95 Å². The highest BCUT2D eigenvalue weighted by Crippen LogP contribution is 2.26. The number of rotatable bonds is 5. The van der Waals surface area contributed by atoms with Crippen LogP contribution in [0, 0.1) is 5.82 Å². The Bertz CT molecular complexity index is 1280. The zero-order chi connectivity index (χ0) is 23.6. The number of nitrogens with zero attached hydrogens (tertiary/aromatic N) is 7. The molecule has 0 atom stereocenters. The van der Waals surface area contributed by atoms with Gasteiger partial charge in [-0.1, -0.05) is 20.8 Å². The van der Waals surface area contributed by atoms with E-state index in [1.807, 2.05) is 20.8 Å². The molecular formula is C21H22FN9O2. The van der Waals surface area contributed by atoms with Crippen molar-refractivity contribution in [2.75, 3.05) is 10.6 Å². The van der Waals surface area contributed by atoms with Gasteiger partial charge in [-0.25, -0.2) is 19.2 Å². The molecule has 0 bridgehead atoms. The van der Waals surface area contributed by atoms with Gasteiger partial charge in [-0.2, -0.15) is 19.9 Å². The minimum absolute atomic E-state index is 0.0101. The van der Waals surface area contributed by atoms with Crippen LogP contribution in [0.3, 0.4) is 0 Å². The van der Waals surface area contributed by atoms with Crippen LogP contribution in [0.25, 0.3) is 5.95 Å². The Hall–Kier alpha value is -4.35. The number of benzene rings is 1. The van der Waals surface area contributed by atoms with Crippen molar-refractivity contribution in [3.05, 3.63) is 60.7 Å². The monoisotopic (exact) mass is 451 g/mol. The zero-order valence-corrected chi connectivity index (χ0v) is 18.4. The van der Waals surface area contributed by atoms with Crippen molar-refractivity contribution in [2.45, 2.75) is 26.2 Å². The van der Waals surface area contributed by atoms with Crippen LogP contribution in [0.1, 0.15) is 26.5 Å². The fraction of sp³-hybridized carbons (Fsp3) is 0.238. The van der Waals surface area contributed by atoms with Crippen molar-refractivity contribution in [3.63, 3.8) is 0 Å². The predicted octanol–water partition coefficient (Wildman–Crippen LogP) is 3.66. The van der Waals surface area contributed by atoms with Crippen LogP contribution in [0.4, 0.5) is 20.7 Å². The molecule has 0 fully saturated rings. The normalized spacial score (nSPS) is 11.3. The number of aryl methyl sites for hydroxylation is 1. The summed E-state index contributed by atoms with van der Waals surface area (Å²) in [5.41, 5.74) is 0.643. The molecule has 0 spiro atoms. The minimum atomic E-state index is -0.673. The number of nitrogens with one attached hydrogen (secondary N) is 2. The third-order valence-corrected chi connectivity index (χ3v) is 4.54. The van der Waals surface area contributed by atoms with E-state index in [4.69, 9.17) is 4.74 Å². The van der Waals surface area contributed by atoms with Gasteiger partial charge in [0.15, 0.2) is 0 Å². The summed E-state index contributed by atoms with van der Waals surface area (Å²) in [7, 11) is 1.72. The number of halogens is 1. The van der Waals surface area contributed by atoms with Gasteiger partial charge in [0.05, 0.1) is 11.4 Å². The molecule has 0 aliphatic heterocycles. The topological polar surface area (TPSA) is 125 Å². The summed E-state index contributed by atoms with van der Waals surface area (Å²) in [6.45, 7) is 6.07. The van der Waals surface area contributed by atoms with E-state index in [1.54, 1.807) is 17.8 Å². The molecule has 4 aromatic rings. The lowest BCUT2D eigenvalue weighted by Crippen LogP contribution is -2.21. The second-order valence-electron chi connectivity index (χ2n) is 8.15. The molecule has 170 valence electrons. The molecule has 0 saturated heterocycles. The molecule has 3 aromatic heterocycles. The predicted molar refractivity (Wildman–Crippen MR) is 118 cm³/mol. The van der Waals surface area contributed by atoms with Crippen molar-refractivity contribution >= 4 is 17.5 Å². The number of carbonyl (C=O) groups excluding carboxylic acids is 1. The first kappa shape index (κ1) is 21.9. The fourth-order valence-electron chi connectivity index (χ4n) is 2.81. The highest BCUT2D eigenvalue weighted by Gasteiger charge is 2.20. The summed E-state index contributed by atoms with van der Waals surface area (Å²) in [4.78, 5) is 24.5. The molecule has 0 saturated carbocycles. The standard InChI is InChI=1S/C21H22FN9O2/c1-21(2,3)16-10-17(30(4)29-16)27-20(32)26-15-6-5-13(9-14(15)22)33-18-7-8-24-19(28-18)31-12-23-11-25-31/h5-12H,1-4H3,(H2,26,27,32). The SMILES string of the molecule is Cn1nc(C(C)(C)C)cc1NC(=O)Nc1ccc(Oc2ccnc(-n3cncn3)n2)cc1F. The van der Waals surface area contributed by atoms with Gasteiger partial charge in [0.1, 0.15) is 30.0 Å². The van der Waals surface area contributed by atoms with Gasteiger partial charge in [-0.15, -0.1) is 0 Å². The Kier molecular flexibility index (Phi) is 5.73. The lowest BCUT2D eigenvalue weighted by atomic mass is 9.92. The lowest BCUT2D eigenvalue weighted by molar-refractivity contribution is 0.262. The van der Waals surface area contributed by atoms with Crippen LogP contribution in [0.15, 0.2) is 49.2 Å². The van der Waals surface area contributed by atoms with Crippen LogP contribution in [-0.4, -0.2) is 40.5 Å². The van der Waals surface area contributed by atoms with Crippen LogP contribution < -0.4 is 15.4 Å². The van der Waals surface area contributed by atoms with Crippen LogP contribution in [0.2, 0.25) is 0 Å². The maximum atomic E-state index is 14.6. The van der Waals surface area contributed by atoms with Crippen molar-refractivity contribution in [2.24, 2.45) is 7.05 Å². The lowest BCUT2D eigenvalue weighted by Gasteiger charge is -2.13. The molecule has 11 nitrogen and oxygen atoms in total. The molecule has 0 radical (unpaired) electrons. The Morgan fingerprint density at radius 1 is 1.15 bits per heavy atom. The molecular weight excluding hydrogens is 429 g/mol. The molecule has 12 heteroatoms. The average molecular weight is 451 g/mol. The number of carbonyl (C=O) groups is 1. The van der Waals surface area contributed by atoms with Gasteiger partial charge in [-0.3, -0.25) is 10.00 Å². The largest absolute Gasteiger partial charge is 0.439 e. The van der Waals surface area contributed by atoms with Crippen LogP contribution >= 0.6 is 0 Å². The number of amides is 2. The number of hydrogen-bond acceptors (Lipinski definition) is 7. The summed E-state index contributed by atoms with van der Waals surface area (Å²) < 4.78 is 23.1. The van der Waals surface area contributed by atoms with Gasteiger partial charge < -0.3 is 10.1 Å². The maximum Gasteiger partial charge on any atom is 0.324 e. The van der Waals surface area contributed by atoms with E-state index >= 15 is 0 Å². The molecule has 0 aliphatic rings. The van der Waals surface area contributed by atoms with Crippen molar-refractivity contribution in [1.29, 1.82) is 0 Å². The first-order chi connectivity index (χ1) is 15.7. The molecule has 1 aromatic carbocycles. The van der Waals surface area contributed by atoms with Gasteiger partial charge in [0.2, 0.25) is 5.88 Å². The highest BCUT2D eigenvalue weighted by atomic mass is 19.1. The van der Waals surface area contributed by atoms with E-state index < -0.39 is 11.8 Å². The first-order valence-corrected chi connectivity index (χ1v) is 9.97. The molecule has 2 N–H and O–H groups in total. The van der Waals surface area contributed by atoms with E-state index in [0.29, 0.717) is 5.82 Å². The van der Waals surface area contributed by atoms with E-state index in [9.17, 15) is 9.18 Å². The third kappa shape index (κ3) is 5.11. The molecule has 0 aliphatic carbocycles. The summed E-state index contributed by atoms with van der Waals surface area (Å²) in [5.74, 6) is 0.464. The van der Waals surface area contributed by atoms with Crippen LogP contribution in [0.5, 0.6) is 11.6 Å². The Balaban J connectivity index is 1.42. The van der Waals surface area contributed by atoms with E-state index in [2.05, 4.69) is 35.8 Å². The van der Waals surface area contributed by atoms with Crippen molar-refractivity contribution < 1.29 is 13.9 Å². The molecule has 2 amide bonds. The number of urea groups is 1. The Morgan fingerprint density at radius 3 is 2.64 bits per heavy atom. The number of hydrogen-bond donors (Lipinski definition) is 2. The highest BCUT2D eigenvalue weighted by molar-refractivity contribution is 5.99. The summed E-state index contributed by atoms with van der Waals surface area (Å²) in [6.07, 6.45) is 4.28. The van der Waals surface area contributed by atoms with E-state index in [0.717, 1.165) is 11.8 Å². The summed E-state index contributed by atoms with van der Waals surface area (Å²) >= 11 is 0. The van der Waals surface area contributed by atoms with Crippen molar-refractivity contribution in [3.8, 4) is 17.6 Å². The second kappa shape index (κ2) is 8.65. The molecule has 33 heavy (non-hydrogen) atoms. The van der Waals surface area contributed by atoms with E-state index in [1.165, 1.54) is 41.7 Å². The number of ether oxygens (including phenoxy) is 1. The third-order valence-electron chi connectivity index (χ3n) is 4.54. The van der Waals surface area contributed by atoms with Crippen LogP contribution in [-0.2, 0) is 12.5 Å². The molecule has 0 unspecified atom stereocenters. The fourth-order valence-corrected chi connectivity index (χ4v) is 2.81. The zero-order valence-electron chi connectivity index (χ0n) is 18.4. The molecule has 3 heterocycles. The Labute approximate surface area is 188 Å². The van der Waals surface area contributed by atoms with Gasteiger partial charge in [-0.05, 0) is 12.1 Å². The Morgan fingerprint density at radius 2 is 1.97 bits per heavy atom. The average Bonchev–Trinajstić information content (AvgIpc) is 3.41. The van der Waals surface area contributed by atoms with E-state index in [-0.39, 0.29) is 28.7 Å². The van der Waals surface area contributed by atoms with Gasteiger partial charge in [0, 0.05) is 36.9 Å². The smallest absolute Gasteiger partial charge is 0.324 e. The quantitative estimate of drug-likeness (QED) is 0.474. The number of anilines is 2. The number of aromatic nitrogens is 7. The molecule has 4 rings (SSSR count). The second-order valence-corrected chi connectivity index (χ2v) is 8.15. The summed E-state index contributed by atoms with van der Waals surface area (Å²) in [6, 6.07) is 6.76. The van der Waals surface area contributed by atoms with Crippen molar-refractivity contribution in [1.82, 2.24) is 34.5 Å².